The van der Waals surface area contributed by atoms with Crippen molar-refractivity contribution in [2.75, 3.05) is 6.16 Å². The van der Waals surface area contributed by atoms with Crippen molar-refractivity contribution in [2.24, 2.45) is 0 Å². The fourth-order valence-corrected chi connectivity index (χ4v) is 3.36. The van der Waals surface area contributed by atoms with Gasteiger partial charge in [0.05, 0.1) is 11.1 Å². The highest BCUT2D eigenvalue weighted by molar-refractivity contribution is 7.55. The molecule has 0 aliphatic rings. The summed E-state index contributed by atoms with van der Waals surface area (Å²) in [5.41, 5.74) is 1.37. The Balaban J connectivity index is 2.24. The Bertz CT molecular complexity index is 810. The van der Waals surface area contributed by atoms with E-state index in [-0.39, 0.29) is 11.1 Å². The Kier molecular flexibility index (Phi) is 6.11. The van der Waals surface area contributed by atoms with Crippen LogP contribution in [0, 0.1) is 13.8 Å². The molecule has 0 saturated carbocycles. The van der Waals surface area contributed by atoms with Crippen molar-refractivity contribution in [3.8, 4) is 0 Å². The average Bonchev–Trinajstić information content (AvgIpc) is 2.53. The topological polar surface area (TPSA) is 69.7 Å². The van der Waals surface area contributed by atoms with Crippen molar-refractivity contribution >= 4 is 19.5 Å². The highest BCUT2D eigenvalue weighted by Gasteiger charge is 2.46. The van der Waals surface area contributed by atoms with Crippen LogP contribution in [0.1, 0.15) is 31.8 Å². The van der Waals surface area contributed by atoms with Gasteiger partial charge in [-0.05, 0) is 38.1 Å². The maximum absolute atomic E-state index is 12.8. The molecule has 0 atom stereocenters. The molecule has 2 aromatic rings. The minimum Gasteiger partial charge on any atom is -0.379 e. The molecular formula is C18H16F3O5P. The minimum absolute atomic E-state index is 0.116. The van der Waals surface area contributed by atoms with E-state index >= 15 is 0 Å². The smallest absolute Gasteiger partial charge is 0.379 e. The summed E-state index contributed by atoms with van der Waals surface area (Å²) in [5.74, 6) is -2.56. The van der Waals surface area contributed by atoms with E-state index in [1.807, 2.05) is 0 Å². The van der Waals surface area contributed by atoms with Gasteiger partial charge in [0.25, 0.3) is 0 Å². The zero-order valence-corrected chi connectivity index (χ0v) is 15.3. The number of hydrogen-bond acceptors (Lipinski definition) is 5. The van der Waals surface area contributed by atoms with Crippen molar-refractivity contribution in [3.05, 3.63) is 70.8 Å². The summed E-state index contributed by atoms with van der Waals surface area (Å²) in [6.07, 6.45) is -7.05. The van der Waals surface area contributed by atoms with Crippen LogP contribution >= 0.6 is 7.60 Å². The van der Waals surface area contributed by atoms with E-state index in [4.69, 9.17) is 0 Å². The molecule has 0 fully saturated rings. The Morgan fingerprint density at radius 2 is 1.15 bits per heavy atom. The Labute approximate surface area is 153 Å². The first kappa shape index (κ1) is 20.7. The van der Waals surface area contributed by atoms with Crippen molar-refractivity contribution in [3.63, 3.8) is 0 Å². The lowest BCUT2D eigenvalue weighted by Gasteiger charge is -2.19. The van der Waals surface area contributed by atoms with Crippen LogP contribution in [0.4, 0.5) is 13.2 Å². The first-order chi connectivity index (χ1) is 12.5. The Morgan fingerprint density at radius 3 is 1.44 bits per heavy atom. The van der Waals surface area contributed by atoms with E-state index in [2.05, 4.69) is 9.05 Å². The lowest BCUT2D eigenvalue weighted by molar-refractivity contribution is -0.109. The fraction of sp³-hybridized carbons (Fsp3) is 0.222. The van der Waals surface area contributed by atoms with Gasteiger partial charge in [-0.2, -0.15) is 13.2 Å². The largest absolute Gasteiger partial charge is 0.444 e. The number of aryl methyl sites for hydroxylation is 2. The van der Waals surface area contributed by atoms with Gasteiger partial charge in [-0.15, -0.1) is 0 Å². The summed E-state index contributed by atoms with van der Waals surface area (Å²) in [7, 11) is -5.13. The summed E-state index contributed by atoms with van der Waals surface area (Å²) in [5, 5.41) is 0. The molecule has 0 saturated heterocycles. The van der Waals surface area contributed by atoms with Gasteiger partial charge in [0.2, 0.25) is 0 Å². The number of alkyl halides is 3. The van der Waals surface area contributed by atoms with Crippen LogP contribution in [0.5, 0.6) is 0 Å². The third-order valence-electron chi connectivity index (χ3n) is 3.39. The van der Waals surface area contributed by atoms with E-state index < -0.39 is 31.9 Å². The molecule has 0 aliphatic carbocycles. The highest BCUT2D eigenvalue weighted by Crippen LogP contribution is 2.53. The zero-order valence-electron chi connectivity index (χ0n) is 14.4. The fourth-order valence-electron chi connectivity index (χ4n) is 2.04. The molecule has 2 rings (SSSR count). The number of hydrogen-bond donors (Lipinski definition) is 0. The number of carbonyl (C=O) groups is 2. The van der Waals surface area contributed by atoms with Crippen LogP contribution in [0.3, 0.4) is 0 Å². The van der Waals surface area contributed by atoms with Gasteiger partial charge in [0, 0.05) is 0 Å². The van der Waals surface area contributed by atoms with Crippen LogP contribution in [0.15, 0.2) is 48.5 Å². The summed E-state index contributed by atoms with van der Waals surface area (Å²) in [4.78, 5) is 24.1. The number of halogens is 3. The van der Waals surface area contributed by atoms with Gasteiger partial charge in [-0.25, -0.2) is 14.2 Å². The molecule has 27 heavy (non-hydrogen) atoms. The molecule has 0 amide bonds. The third-order valence-corrected chi connectivity index (χ3v) is 5.03. The molecule has 0 bridgehead atoms. The highest BCUT2D eigenvalue weighted by atomic mass is 31.2. The predicted molar refractivity (Wildman–Crippen MR) is 91.7 cm³/mol. The second-order valence-electron chi connectivity index (χ2n) is 5.87. The maximum Gasteiger partial charge on any atom is 0.444 e. The summed E-state index contributed by atoms with van der Waals surface area (Å²) >= 11 is 0. The van der Waals surface area contributed by atoms with E-state index in [0.29, 0.717) is 0 Å². The first-order valence-electron chi connectivity index (χ1n) is 7.74. The van der Waals surface area contributed by atoms with Crippen molar-refractivity contribution in [1.29, 1.82) is 0 Å². The minimum atomic E-state index is -5.13. The van der Waals surface area contributed by atoms with Gasteiger partial charge in [0.15, 0.2) is 6.16 Å². The normalized spacial score (nSPS) is 11.7. The average molecular weight is 400 g/mol. The SMILES string of the molecule is Cc1ccc(C(=O)OP(=O)(CC(F)(F)F)OC(=O)c2ccc(C)cc2)cc1. The van der Waals surface area contributed by atoms with Gasteiger partial charge in [-0.3, -0.25) is 0 Å². The van der Waals surface area contributed by atoms with Crippen LogP contribution < -0.4 is 0 Å². The van der Waals surface area contributed by atoms with Crippen LogP contribution in [-0.2, 0) is 13.6 Å². The Morgan fingerprint density at radius 1 is 0.815 bits per heavy atom. The molecule has 5 nitrogen and oxygen atoms in total. The number of benzene rings is 2. The molecule has 144 valence electrons. The summed E-state index contributed by atoms with van der Waals surface area (Å²) in [6, 6.07) is 11.3. The van der Waals surface area contributed by atoms with E-state index in [1.54, 1.807) is 13.8 Å². The van der Waals surface area contributed by atoms with Crippen LogP contribution in [0.25, 0.3) is 0 Å². The molecule has 0 heterocycles. The first-order valence-corrected chi connectivity index (χ1v) is 9.47. The van der Waals surface area contributed by atoms with Crippen molar-refractivity contribution in [1.82, 2.24) is 0 Å². The quantitative estimate of drug-likeness (QED) is 0.656. The Hall–Kier alpha value is -2.60. The molecule has 0 unspecified atom stereocenters. The lowest BCUT2D eigenvalue weighted by Crippen LogP contribution is -2.20. The zero-order chi connectivity index (χ0) is 20.2. The van der Waals surface area contributed by atoms with Gasteiger partial charge in [0.1, 0.15) is 0 Å². The molecule has 0 spiro atoms. The number of carbonyl (C=O) groups excluding carboxylic acids is 2. The molecule has 0 aliphatic heterocycles. The predicted octanol–water partition coefficient (Wildman–Crippen LogP) is 5.07. The monoisotopic (exact) mass is 400 g/mol. The molecular weight excluding hydrogens is 384 g/mol. The van der Waals surface area contributed by atoms with Gasteiger partial charge >= 0.3 is 25.7 Å². The van der Waals surface area contributed by atoms with Crippen LogP contribution in [-0.4, -0.2) is 24.3 Å². The summed E-state index contributed by atoms with van der Waals surface area (Å²) in [6.45, 7) is 3.49. The molecule has 0 radical (unpaired) electrons. The second-order valence-corrected chi connectivity index (χ2v) is 7.78. The van der Waals surface area contributed by atoms with E-state index in [9.17, 15) is 27.3 Å². The summed E-state index contributed by atoms with van der Waals surface area (Å²) < 4.78 is 60.0. The van der Waals surface area contributed by atoms with Crippen molar-refractivity contribution in [2.45, 2.75) is 20.0 Å². The standard InChI is InChI=1S/C18H16F3O5P/c1-12-3-7-14(8-4-12)16(22)25-27(24,11-18(19,20)21)26-17(23)15-9-5-13(2)6-10-15/h3-10H,11H2,1-2H3. The molecule has 0 N–H and O–H groups in total. The van der Waals surface area contributed by atoms with E-state index in [1.165, 1.54) is 48.5 Å². The third kappa shape index (κ3) is 6.25. The van der Waals surface area contributed by atoms with Crippen molar-refractivity contribution < 1.29 is 36.4 Å². The second kappa shape index (κ2) is 7.96. The molecule has 2 aromatic carbocycles. The lowest BCUT2D eigenvalue weighted by atomic mass is 10.2. The number of rotatable bonds is 5. The van der Waals surface area contributed by atoms with Crippen LogP contribution in [0.2, 0.25) is 0 Å². The molecule has 0 aromatic heterocycles. The van der Waals surface area contributed by atoms with Gasteiger partial charge in [-0.1, -0.05) is 35.4 Å². The maximum atomic E-state index is 12.8. The molecule has 9 heteroatoms. The van der Waals surface area contributed by atoms with E-state index in [0.717, 1.165) is 11.1 Å². The van der Waals surface area contributed by atoms with Gasteiger partial charge < -0.3 is 9.05 Å².